The molecule has 96 valence electrons. The third kappa shape index (κ3) is 2.76. The summed E-state index contributed by atoms with van der Waals surface area (Å²) in [7, 11) is 0. The number of hydrogen-bond donors (Lipinski definition) is 1. The number of benzene rings is 1. The van der Waals surface area contributed by atoms with Crippen LogP contribution in [0.2, 0.25) is 0 Å². The van der Waals surface area contributed by atoms with Gasteiger partial charge in [0.25, 0.3) is 0 Å². The lowest BCUT2D eigenvalue weighted by molar-refractivity contribution is 0.514. The third-order valence-corrected chi connectivity index (χ3v) is 3.14. The van der Waals surface area contributed by atoms with Crippen molar-refractivity contribution < 1.29 is 4.42 Å². The van der Waals surface area contributed by atoms with Crippen molar-refractivity contribution in [2.75, 3.05) is 5.32 Å². The van der Waals surface area contributed by atoms with Crippen LogP contribution >= 0.6 is 0 Å². The molecule has 0 saturated carbocycles. The maximum Gasteiger partial charge on any atom is 0.125 e. The highest BCUT2D eigenvalue weighted by atomic mass is 16.3. The Labute approximate surface area is 109 Å². The zero-order valence-corrected chi connectivity index (χ0v) is 11.6. The summed E-state index contributed by atoms with van der Waals surface area (Å²) in [4.78, 5) is 0. The van der Waals surface area contributed by atoms with Crippen molar-refractivity contribution in [3.05, 3.63) is 53.5 Å². The second-order valence-corrected chi connectivity index (χ2v) is 5.68. The molecule has 18 heavy (non-hydrogen) atoms. The van der Waals surface area contributed by atoms with Crippen molar-refractivity contribution in [1.29, 1.82) is 0 Å². The smallest absolute Gasteiger partial charge is 0.125 e. The molecule has 0 aliphatic carbocycles. The Balaban J connectivity index is 2.17. The van der Waals surface area contributed by atoms with Crippen LogP contribution in [0.25, 0.3) is 0 Å². The molecule has 1 N–H and O–H groups in total. The third-order valence-electron chi connectivity index (χ3n) is 3.14. The van der Waals surface area contributed by atoms with E-state index in [0.29, 0.717) is 0 Å². The highest BCUT2D eigenvalue weighted by molar-refractivity contribution is 5.54. The van der Waals surface area contributed by atoms with E-state index in [1.165, 1.54) is 16.8 Å². The van der Waals surface area contributed by atoms with E-state index < -0.39 is 0 Å². The molecule has 0 unspecified atom stereocenters. The van der Waals surface area contributed by atoms with E-state index in [0.717, 1.165) is 12.3 Å². The normalized spacial score (nSPS) is 11.6. The van der Waals surface area contributed by atoms with Gasteiger partial charge >= 0.3 is 0 Å². The van der Waals surface area contributed by atoms with Crippen molar-refractivity contribution in [1.82, 2.24) is 0 Å². The number of para-hydroxylation sites is 1. The first-order chi connectivity index (χ1) is 8.48. The molecule has 2 aromatic rings. The average molecular weight is 243 g/mol. The van der Waals surface area contributed by atoms with Gasteiger partial charge in [-0.2, -0.15) is 0 Å². The summed E-state index contributed by atoms with van der Waals surface area (Å²) in [6.45, 7) is 9.48. The molecular weight excluding hydrogens is 222 g/mol. The average Bonchev–Trinajstić information content (AvgIpc) is 2.71. The van der Waals surface area contributed by atoms with E-state index in [4.69, 9.17) is 4.42 Å². The predicted octanol–water partition coefficient (Wildman–Crippen LogP) is 4.50. The lowest BCUT2D eigenvalue weighted by atomic mass is 9.86. The fraction of sp³-hybridized carbons (Fsp3) is 0.375. The topological polar surface area (TPSA) is 25.2 Å². The fourth-order valence-electron chi connectivity index (χ4n) is 2.05. The van der Waals surface area contributed by atoms with Crippen LogP contribution in [0.1, 0.15) is 37.7 Å². The Kier molecular flexibility index (Phi) is 3.46. The molecule has 0 amide bonds. The summed E-state index contributed by atoms with van der Waals surface area (Å²) < 4.78 is 5.45. The SMILES string of the molecule is Cc1ccoc1CNc1ccccc1C(C)(C)C. The van der Waals surface area contributed by atoms with Gasteiger partial charge in [-0.25, -0.2) is 0 Å². The predicted molar refractivity (Wildman–Crippen MR) is 75.9 cm³/mol. The second kappa shape index (κ2) is 4.89. The Morgan fingerprint density at radius 1 is 1.11 bits per heavy atom. The summed E-state index contributed by atoms with van der Waals surface area (Å²) in [5.41, 5.74) is 3.84. The van der Waals surface area contributed by atoms with Gasteiger partial charge in [0.15, 0.2) is 0 Å². The summed E-state index contributed by atoms with van der Waals surface area (Å²) in [6.07, 6.45) is 1.74. The Hall–Kier alpha value is -1.70. The Morgan fingerprint density at radius 3 is 2.44 bits per heavy atom. The molecule has 0 aliphatic heterocycles. The summed E-state index contributed by atoms with van der Waals surface area (Å²) in [6, 6.07) is 10.4. The van der Waals surface area contributed by atoms with E-state index >= 15 is 0 Å². The molecule has 1 aromatic heterocycles. The number of nitrogens with one attached hydrogen (secondary N) is 1. The number of rotatable bonds is 3. The van der Waals surface area contributed by atoms with Crippen molar-refractivity contribution in [3.63, 3.8) is 0 Å². The summed E-state index contributed by atoms with van der Waals surface area (Å²) in [5, 5.41) is 3.47. The minimum atomic E-state index is 0.141. The molecule has 0 atom stereocenters. The van der Waals surface area contributed by atoms with Gasteiger partial charge in [-0.1, -0.05) is 39.0 Å². The Morgan fingerprint density at radius 2 is 1.83 bits per heavy atom. The van der Waals surface area contributed by atoms with Gasteiger partial charge in [-0.15, -0.1) is 0 Å². The van der Waals surface area contributed by atoms with Crippen molar-refractivity contribution in [2.24, 2.45) is 0 Å². The molecule has 2 rings (SSSR count). The van der Waals surface area contributed by atoms with Gasteiger partial charge in [0.2, 0.25) is 0 Å². The molecule has 0 spiro atoms. The Bertz CT molecular complexity index is 520. The first-order valence-electron chi connectivity index (χ1n) is 6.35. The maximum atomic E-state index is 5.45. The van der Waals surface area contributed by atoms with Gasteiger partial charge < -0.3 is 9.73 Å². The van der Waals surface area contributed by atoms with Crippen LogP contribution in [0.15, 0.2) is 41.0 Å². The molecule has 0 bridgehead atoms. The highest BCUT2D eigenvalue weighted by Gasteiger charge is 2.17. The molecule has 1 heterocycles. The van der Waals surface area contributed by atoms with E-state index in [-0.39, 0.29) is 5.41 Å². The number of aryl methyl sites for hydroxylation is 1. The van der Waals surface area contributed by atoms with Crippen LogP contribution in [-0.4, -0.2) is 0 Å². The van der Waals surface area contributed by atoms with Crippen molar-refractivity contribution in [2.45, 2.75) is 39.7 Å². The molecular formula is C16H21NO. The molecule has 2 heteroatoms. The molecule has 0 fully saturated rings. The molecule has 2 nitrogen and oxygen atoms in total. The van der Waals surface area contributed by atoms with Crippen LogP contribution < -0.4 is 5.32 Å². The first-order valence-corrected chi connectivity index (χ1v) is 6.35. The number of furan rings is 1. The van der Waals surface area contributed by atoms with Gasteiger partial charge in [0.1, 0.15) is 5.76 Å². The lowest BCUT2D eigenvalue weighted by Crippen LogP contribution is -2.14. The van der Waals surface area contributed by atoms with Crippen molar-refractivity contribution in [3.8, 4) is 0 Å². The lowest BCUT2D eigenvalue weighted by Gasteiger charge is -2.23. The number of hydrogen-bond acceptors (Lipinski definition) is 2. The largest absolute Gasteiger partial charge is 0.467 e. The molecule has 0 saturated heterocycles. The van der Waals surface area contributed by atoms with Gasteiger partial charge in [0.05, 0.1) is 12.8 Å². The van der Waals surface area contributed by atoms with Crippen LogP contribution in [0.4, 0.5) is 5.69 Å². The highest BCUT2D eigenvalue weighted by Crippen LogP contribution is 2.29. The van der Waals surface area contributed by atoms with Crippen LogP contribution in [0.5, 0.6) is 0 Å². The van der Waals surface area contributed by atoms with Gasteiger partial charge in [-0.3, -0.25) is 0 Å². The molecule has 0 radical (unpaired) electrons. The van der Waals surface area contributed by atoms with E-state index in [9.17, 15) is 0 Å². The van der Waals surface area contributed by atoms with E-state index in [2.05, 4.69) is 57.3 Å². The van der Waals surface area contributed by atoms with E-state index in [1.54, 1.807) is 6.26 Å². The second-order valence-electron chi connectivity index (χ2n) is 5.68. The van der Waals surface area contributed by atoms with E-state index in [1.807, 2.05) is 6.07 Å². The standard InChI is InChI=1S/C16H21NO/c1-12-9-10-18-15(12)11-17-14-8-6-5-7-13(14)16(2,3)4/h5-10,17H,11H2,1-4H3. The van der Waals surface area contributed by atoms with Crippen LogP contribution in [-0.2, 0) is 12.0 Å². The fourth-order valence-corrected chi connectivity index (χ4v) is 2.05. The molecule has 1 aromatic carbocycles. The minimum Gasteiger partial charge on any atom is -0.467 e. The van der Waals surface area contributed by atoms with Gasteiger partial charge in [-0.05, 0) is 35.6 Å². The first kappa shape index (κ1) is 12.7. The van der Waals surface area contributed by atoms with Crippen molar-refractivity contribution >= 4 is 5.69 Å². The van der Waals surface area contributed by atoms with Crippen LogP contribution in [0.3, 0.4) is 0 Å². The summed E-state index contributed by atoms with van der Waals surface area (Å²) in [5.74, 6) is 0.999. The summed E-state index contributed by atoms with van der Waals surface area (Å²) >= 11 is 0. The molecule has 0 aliphatic rings. The van der Waals surface area contributed by atoms with Gasteiger partial charge in [0, 0.05) is 5.69 Å². The maximum absolute atomic E-state index is 5.45. The quantitative estimate of drug-likeness (QED) is 0.858. The number of anilines is 1. The monoisotopic (exact) mass is 243 g/mol. The zero-order valence-electron chi connectivity index (χ0n) is 11.6. The zero-order chi connectivity index (χ0) is 13.2. The minimum absolute atomic E-state index is 0.141. The van der Waals surface area contributed by atoms with Crippen LogP contribution in [0, 0.1) is 6.92 Å².